The topological polar surface area (TPSA) is 60.4 Å². The summed E-state index contributed by atoms with van der Waals surface area (Å²) in [6.45, 7) is 0. The summed E-state index contributed by atoms with van der Waals surface area (Å²) in [6, 6.07) is 25.3. The Hall–Kier alpha value is -11.5. The molecule has 0 aliphatic rings. The SMILES string of the molecule is [C-]#CC#CC#CC#CC#CC#CC#CC#CC#CC#CC#CC#CC#CC#CC#CC#CC#CC#C.[Ir].[Ir].[c-]1ccn2c1c1ncccc1c1ncccc12.c1cnc2c(c1)c1ncccc1n1cccc21. The molecule has 0 amide bonds. The summed E-state index contributed by atoms with van der Waals surface area (Å²) >= 11 is 0. The Morgan fingerprint density at radius 1 is 0.361 bits per heavy atom. The van der Waals surface area contributed by atoms with Crippen molar-refractivity contribution in [2.75, 3.05) is 0 Å². The van der Waals surface area contributed by atoms with Crippen LogP contribution in [0, 0.1) is 220 Å². The molecular weight excluding hydrogens is 1240 g/mol. The van der Waals surface area contributed by atoms with Crippen molar-refractivity contribution in [3.63, 3.8) is 0 Å². The van der Waals surface area contributed by atoms with E-state index in [4.69, 9.17) is 12.8 Å². The molecule has 72 heavy (non-hydrogen) atoms. The Kier molecular flexibility index (Phi) is 23.2. The summed E-state index contributed by atoms with van der Waals surface area (Å²) in [5.74, 6) is 82.5. The van der Waals surface area contributed by atoms with E-state index in [1.807, 2.05) is 73.3 Å². The minimum atomic E-state index is 0. The number of aromatic nitrogens is 6. The van der Waals surface area contributed by atoms with Gasteiger partial charge >= 0.3 is 0 Å². The molecule has 0 fully saturated rings. The van der Waals surface area contributed by atoms with E-state index in [0.29, 0.717) is 0 Å². The number of terminal acetylenes is 1. The molecule has 0 spiro atoms. The average Bonchev–Trinajstić information content (AvgIpc) is 4.12. The molecular formula is C64H18Ir2N6-2. The summed E-state index contributed by atoms with van der Waals surface area (Å²) in [4.78, 5) is 17.9. The predicted octanol–water partition coefficient (Wildman–Crippen LogP) is 6.13. The number of nitrogens with zero attached hydrogens (tertiary/aromatic N) is 6. The van der Waals surface area contributed by atoms with Crippen LogP contribution in [-0.2, 0) is 40.2 Å². The zero-order valence-corrected chi connectivity index (χ0v) is 41.5. The van der Waals surface area contributed by atoms with Crippen molar-refractivity contribution >= 4 is 54.9 Å². The average molecular weight is 1260 g/mol. The van der Waals surface area contributed by atoms with Gasteiger partial charge < -0.3 is 20.2 Å². The van der Waals surface area contributed by atoms with Crippen LogP contribution < -0.4 is 0 Å². The minimum Gasteiger partial charge on any atom is -0.390 e. The van der Waals surface area contributed by atoms with Gasteiger partial charge in [-0.2, -0.15) is 12.1 Å². The molecule has 0 aromatic carbocycles. The summed E-state index contributed by atoms with van der Waals surface area (Å²) in [6.07, 6.45) is 22.8. The molecule has 6 nitrogen and oxygen atoms in total. The van der Waals surface area contributed by atoms with Gasteiger partial charge in [0.25, 0.3) is 0 Å². The Labute approximate surface area is 444 Å². The normalized spacial score (nSPS) is 7.36. The second kappa shape index (κ2) is 31.5. The molecule has 8 aromatic rings. The molecule has 324 valence electrons. The van der Waals surface area contributed by atoms with Crippen LogP contribution in [0.2, 0.25) is 0 Å². The van der Waals surface area contributed by atoms with E-state index in [9.17, 15) is 0 Å². The largest absolute Gasteiger partial charge is 0.390 e. The van der Waals surface area contributed by atoms with Crippen molar-refractivity contribution in [1.82, 2.24) is 28.7 Å². The first kappa shape index (κ1) is 53.2. The van der Waals surface area contributed by atoms with Gasteiger partial charge in [-0.05, 0) is 160 Å². The Bertz CT molecular complexity index is 4190. The fourth-order valence-electron chi connectivity index (χ4n) is 5.69. The Morgan fingerprint density at radius 2 is 0.667 bits per heavy atom. The maximum Gasteiger partial charge on any atom is 0.0964 e. The molecule has 0 saturated carbocycles. The molecule has 8 heterocycles. The molecule has 8 rings (SSSR count). The van der Waals surface area contributed by atoms with Gasteiger partial charge in [0.15, 0.2) is 0 Å². The van der Waals surface area contributed by atoms with Gasteiger partial charge in [-0.15, -0.1) is 12.3 Å². The standard InChI is InChI=1S/C36H.C14H9N3.C14H8N3.2Ir/c1-3-5-7-9-11-13-15-17-19-21-23-25-27-29-31-33-35-36-34-32-30-28-26-24-22-20-18-16-14-12-10-8-6-4-2;2*1-4-10-13-11(5-2-8-16-13)17-9-3-6-12(17)14(10)15-7-1;;/h1H;1-9H;1-5,7-9H;;/q-1;;-1;;. The Morgan fingerprint density at radius 3 is 1.04 bits per heavy atom. The molecule has 0 aliphatic carbocycles. The van der Waals surface area contributed by atoms with Crippen molar-refractivity contribution in [2.45, 2.75) is 0 Å². The van der Waals surface area contributed by atoms with Crippen LogP contribution in [0.3, 0.4) is 0 Å². The summed E-state index contributed by atoms with van der Waals surface area (Å²) in [5.41, 5.74) is 8.26. The number of rotatable bonds is 0. The summed E-state index contributed by atoms with van der Waals surface area (Å²) in [5, 5.41) is 2.18. The van der Waals surface area contributed by atoms with Crippen LogP contribution in [0.1, 0.15) is 0 Å². The molecule has 2 radical (unpaired) electrons. The van der Waals surface area contributed by atoms with Gasteiger partial charge in [-0.3, -0.25) is 20.9 Å². The van der Waals surface area contributed by atoms with Crippen molar-refractivity contribution in [3.8, 4) is 208 Å². The Balaban J connectivity index is 0.000000255. The first-order valence-electron chi connectivity index (χ1n) is 19.8. The van der Waals surface area contributed by atoms with Crippen LogP contribution in [0.15, 0.2) is 104 Å². The van der Waals surface area contributed by atoms with Crippen LogP contribution in [0.25, 0.3) is 54.9 Å². The maximum atomic E-state index is 6.54. The van der Waals surface area contributed by atoms with Gasteiger partial charge in [-0.1, -0.05) is 17.8 Å². The van der Waals surface area contributed by atoms with Crippen LogP contribution >= 0.6 is 0 Å². The van der Waals surface area contributed by atoms with Crippen molar-refractivity contribution in [2.24, 2.45) is 0 Å². The van der Waals surface area contributed by atoms with Gasteiger partial charge in [0.05, 0.1) is 33.1 Å². The number of hydrogen-bond acceptors (Lipinski definition) is 4. The molecule has 0 atom stereocenters. The first-order valence-corrected chi connectivity index (χ1v) is 19.8. The second-order valence-electron chi connectivity index (χ2n) is 12.3. The predicted molar refractivity (Wildman–Crippen MR) is 275 cm³/mol. The summed E-state index contributed by atoms with van der Waals surface area (Å²) < 4.78 is 4.22. The smallest absolute Gasteiger partial charge is 0.0964 e. The molecule has 0 saturated heterocycles. The van der Waals surface area contributed by atoms with Gasteiger partial charge in [0.1, 0.15) is 0 Å². The van der Waals surface area contributed by atoms with E-state index >= 15 is 0 Å². The third-order valence-corrected chi connectivity index (χ3v) is 8.19. The molecule has 8 heteroatoms. The number of pyridine rings is 6. The monoisotopic (exact) mass is 1260 g/mol. The quantitative estimate of drug-likeness (QED) is 0.104. The van der Waals surface area contributed by atoms with E-state index in [0.717, 1.165) is 54.9 Å². The second-order valence-corrected chi connectivity index (χ2v) is 12.3. The molecule has 0 N–H and O–H groups in total. The number of hydrogen-bond donors (Lipinski definition) is 0. The van der Waals surface area contributed by atoms with Crippen LogP contribution in [-0.4, -0.2) is 28.7 Å². The van der Waals surface area contributed by atoms with Crippen molar-refractivity contribution < 1.29 is 40.2 Å². The van der Waals surface area contributed by atoms with Gasteiger partial charge in [-0.25, -0.2) is 5.92 Å². The maximum absolute atomic E-state index is 6.54. The van der Waals surface area contributed by atoms with Crippen LogP contribution in [0.4, 0.5) is 0 Å². The third-order valence-electron chi connectivity index (χ3n) is 8.19. The van der Waals surface area contributed by atoms with Crippen LogP contribution in [0.5, 0.6) is 0 Å². The molecule has 0 bridgehead atoms. The van der Waals surface area contributed by atoms with Gasteiger partial charge in [0.2, 0.25) is 0 Å². The van der Waals surface area contributed by atoms with Crippen molar-refractivity contribution in [1.29, 1.82) is 0 Å². The van der Waals surface area contributed by atoms with E-state index in [-0.39, 0.29) is 40.2 Å². The summed E-state index contributed by atoms with van der Waals surface area (Å²) in [7, 11) is 0. The van der Waals surface area contributed by atoms with E-state index in [1.54, 1.807) is 6.20 Å². The first-order chi connectivity index (χ1) is 34.8. The minimum absolute atomic E-state index is 0. The zero-order valence-electron chi connectivity index (χ0n) is 36.7. The molecule has 8 aromatic heterocycles. The van der Waals surface area contributed by atoms with E-state index in [1.165, 1.54) is 0 Å². The fourth-order valence-corrected chi connectivity index (χ4v) is 5.69. The fraction of sp³-hybridized carbons (Fsp3) is 0. The third kappa shape index (κ3) is 16.2. The zero-order chi connectivity index (χ0) is 48.5. The molecule has 0 unspecified atom stereocenters. The van der Waals surface area contributed by atoms with Crippen molar-refractivity contribution in [3.05, 3.63) is 116 Å². The van der Waals surface area contributed by atoms with E-state index in [2.05, 4.69) is 261 Å². The molecule has 0 aliphatic heterocycles. The van der Waals surface area contributed by atoms with Gasteiger partial charge in [0, 0.05) is 165 Å². The number of fused-ring (bicyclic) bond motifs is 12. The van der Waals surface area contributed by atoms with E-state index < -0.39 is 0 Å².